The second kappa shape index (κ2) is 8.50. The van der Waals surface area contributed by atoms with Gasteiger partial charge in [-0.3, -0.25) is 4.72 Å². The number of nitrogens with zero attached hydrogens (tertiary/aromatic N) is 4. The van der Waals surface area contributed by atoms with E-state index in [-0.39, 0.29) is 5.75 Å². The van der Waals surface area contributed by atoms with E-state index in [0.717, 1.165) is 17.7 Å². The lowest BCUT2D eigenvalue weighted by Crippen LogP contribution is -2.16. The second-order valence-electron chi connectivity index (χ2n) is 6.86. The lowest BCUT2D eigenvalue weighted by Gasteiger charge is -2.10. The quantitative estimate of drug-likeness (QED) is 0.444. The Balaban J connectivity index is 1.52. The third kappa shape index (κ3) is 4.57. The summed E-state index contributed by atoms with van der Waals surface area (Å²) >= 11 is 0. The molecule has 2 aromatic heterocycles. The van der Waals surface area contributed by atoms with Gasteiger partial charge in [-0.15, -0.1) is 15.3 Å². The van der Waals surface area contributed by atoms with Crippen LogP contribution in [-0.2, 0) is 10.0 Å². The van der Waals surface area contributed by atoms with Crippen molar-refractivity contribution in [2.24, 2.45) is 0 Å². The SMILES string of the molecule is CCCCS(=O)(=O)Nc1ccc(Nc2ccc3nnc(-c4ccccc4)n3n2)cc1. The van der Waals surface area contributed by atoms with Crippen molar-refractivity contribution in [1.29, 1.82) is 0 Å². The van der Waals surface area contributed by atoms with Crippen molar-refractivity contribution >= 4 is 32.9 Å². The molecular formula is C21H22N6O2S. The number of aromatic nitrogens is 4. The van der Waals surface area contributed by atoms with Crippen LogP contribution >= 0.6 is 0 Å². The molecule has 0 aliphatic carbocycles. The Bertz CT molecular complexity index is 1240. The molecule has 9 heteroatoms. The summed E-state index contributed by atoms with van der Waals surface area (Å²) in [5.41, 5.74) is 2.89. The summed E-state index contributed by atoms with van der Waals surface area (Å²) in [6.07, 6.45) is 1.47. The van der Waals surface area contributed by atoms with Gasteiger partial charge in [0.05, 0.1) is 5.75 Å². The molecule has 2 N–H and O–H groups in total. The van der Waals surface area contributed by atoms with Gasteiger partial charge in [-0.05, 0) is 42.8 Å². The van der Waals surface area contributed by atoms with Crippen LogP contribution in [0.25, 0.3) is 17.0 Å². The average molecular weight is 423 g/mol. The van der Waals surface area contributed by atoms with E-state index in [4.69, 9.17) is 0 Å². The summed E-state index contributed by atoms with van der Waals surface area (Å²) in [7, 11) is -3.32. The highest BCUT2D eigenvalue weighted by Crippen LogP contribution is 2.21. The molecule has 0 unspecified atom stereocenters. The molecule has 4 aromatic rings. The van der Waals surface area contributed by atoms with Crippen LogP contribution < -0.4 is 10.0 Å². The molecule has 0 fully saturated rings. The zero-order chi connectivity index (χ0) is 21.0. The number of hydrogen-bond acceptors (Lipinski definition) is 6. The Morgan fingerprint density at radius 2 is 1.63 bits per heavy atom. The van der Waals surface area contributed by atoms with Gasteiger partial charge < -0.3 is 5.32 Å². The molecule has 30 heavy (non-hydrogen) atoms. The highest BCUT2D eigenvalue weighted by atomic mass is 32.2. The zero-order valence-electron chi connectivity index (χ0n) is 16.5. The highest BCUT2D eigenvalue weighted by molar-refractivity contribution is 7.92. The van der Waals surface area contributed by atoms with E-state index in [1.807, 2.05) is 49.4 Å². The number of benzene rings is 2. The molecule has 0 amide bonds. The predicted octanol–water partition coefficient (Wildman–Crippen LogP) is 4.08. The molecule has 0 atom stereocenters. The summed E-state index contributed by atoms with van der Waals surface area (Å²) < 4.78 is 28.3. The van der Waals surface area contributed by atoms with Gasteiger partial charge >= 0.3 is 0 Å². The van der Waals surface area contributed by atoms with E-state index in [9.17, 15) is 8.42 Å². The molecule has 0 spiro atoms. The fourth-order valence-electron chi connectivity index (χ4n) is 2.96. The number of unbranched alkanes of at least 4 members (excludes halogenated alkanes) is 1. The Labute approximate surface area is 175 Å². The summed E-state index contributed by atoms with van der Waals surface area (Å²) in [4.78, 5) is 0. The first-order chi connectivity index (χ1) is 14.5. The van der Waals surface area contributed by atoms with Crippen LogP contribution in [0.15, 0.2) is 66.7 Å². The van der Waals surface area contributed by atoms with Gasteiger partial charge in [0.25, 0.3) is 0 Å². The van der Waals surface area contributed by atoms with Crippen molar-refractivity contribution < 1.29 is 8.42 Å². The standard InChI is InChI=1S/C21H22N6O2S/c1-2-3-15-30(28,29)26-18-11-9-17(10-12-18)22-19-13-14-20-23-24-21(27(20)25-19)16-7-5-4-6-8-16/h4-14,26H,2-3,15H2,1H3,(H,22,25). The lowest BCUT2D eigenvalue weighted by molar-refractivity contribution is 0.598. The molecule has 4 rings (SSSR count). The van der Waals surface area contributed by atoms with E-state index in [1.54, 1.807) is 28.8 Å². The van der Waals surface area contributed by atoms with Crippen LogP contribution in [0.4, 0.5) is 17.2 Å². The van der Waals surface area contributed by atoms with Crippen LogP contribution in [0, 0.1) is 0 Å². The minimum Gasteiger partial charge on any atom is -0.339 e. The number of rotatable bonds is 8. The summed E-state index contributed by atoms with van der Waals surface area (Å²) in [6.45, 7) is 1.96. The number of anilines is 3. The van der Waals surface area contributed by atoms with Crippen LogP contribution in [-0.4, -0.2) is 34.0 Å². The van der Waals surface area contributed by atoms with Crippen molar-refractivity contribution in [3.63, 3.8) is 0 Å². The molecule has 0 bridgehead atoms. The van der Waals surface area contributed by atoms with Gasteiger partial charge in [0, 0.05) is 16.9 Å². The third-order valence-corrected chi connectivity index (χ3v) is 5.86. The van der Waals surface area contributed by atoms with Gasteiger partial charge in [0.15, 0.2) is 17.3 Å². The molecule has 154 valence electrons. The first-order valence-electron chi connectivity index (χ1n) is 9.69. The molecule has 8 nitrogen and oxygen atoms in total. The Hall–Kier alpha value is -3.46. The van der Waals surface area contributed by atoms with E-state index >= 15 is 0 Å². The van der Waals surface area contributed by atoms with E-state index in [2.05, 4.69) is 25.3 Å². The Kier molecular flexibility index (Phi) is 5.62. The van der Waals surface area contributed by atoms with Gasteiger partial charge in [-0.2, -0.15) is 4.52 Å². The average Bonchev–Trinajstić information content (AvgIpc) is 3.17. The van der Waals surface area contributed by atoms with E-state index in [1.165, 1.54) is 0 Å². The Morgan fingerprint density at radius 3 is 2.37 bits per heavy atom. The maximum absolute atomic E-state index is 12.0. The Morgan fingerprint density at radius 1 is 0.900 bits per heavy atom. The van der Waals surface area contributed by atoms with Crippen LogP contribution in [0.2, 0.25) is 0 Å². The topological polar surface area (TPSA) is 101 Å². The summed E-state index contributed by atoms with van der Waals surface area (Å²) in [5, 5.41) is 16.2. The molecule has 0 radical (unpaired) electrons. The van der Waals surface area contributed by atoms with Gasteiger partial charge in [-0.1, -0.05) is 43.7 Å². The molecule has 2 heterocycles. The largest absolute Gasteiger partial charge is 0.339 e. The van der Waals surface area contributed by atoms with Gasteiger partial charge in [0.1, 0.15) is 0 Å². The molecular weight excluding hydrogens is 400 g/mol. The van der Waals surface area contributed by atoms with Crippen molar-refractivity contribution in [3.8, 4) is 11.4 Å². The first kappa shape index (κ1) is 19.8. The van der Waals surface area contributed by atoms with Crippen molar-refractivity contribution in [3.05, 3.63) is 66.7 Å². The van der Waals surface area contributed by atoms with Crippen LogP contribution in [0.3, 0.4) is 0 Å². The summed E-state index contributed by atoms with van der Waals surface area (Å²) in [6, 6.07) is 20.4. The first-order valence-corrected chi connectivity index (χ1v) is 11.3. The molecule has 0 saturated heterocycles. The monoisotopic (exact) mass is 422 g/mol. The maximum Gasteiger partial charge on any atom is 0.232 e. The third-order valence-electron chi connectivity index (χ3n) is 4.49. The number of sulfonamides is 1. The summed E-state index contributed by atoms with van der Waals surface area (Å²) in [5.74, 6) is 1.40. The fourth-order valence-corrected chi connectivity index (χ4v) is 4.22. The van der Waals surface area contributed by atoms with Crippen molar-refractivity contribution in [2.75, 3.05) is 15.8 Å². The lowest BCUT2D eigenvalue weighted by atomic mass is 10.2. The van der Waals surface area contributed by atoms with Gasteiger partial charge in [-0.25, -0.2) is 8.42 Å². The van der Waals surface area contributed by atoms with Gasteiger partial charge in [0.2, 0.25) is 10.0 Å². The number of nitrogens with one attached hydrogen (secondary N) is 2. The van der Waals surface area contributed by atoms with Crippen molar-refractivity contribution in [2.45, 2.75) is 19.8 Å². The minimum absolute atomic E-state index is 0.121. The van der Waals surface area contributed by atoms with Crippen molar-refractivity contribution in [1.82, 2.24) is 19.8 Å². The molecule has 0 aliphatic rings. The van der Waals surface area contributed by atoms with E-state index in [0.29, 0.717) is 29.4 Å². The molecule has 2 aromatic carbocycles. The normalized spacial score (nSPS) is 11.5. The number of fused-ring (bicyclic) bond motifs is 1. The van der Waals surface area contributed by atoms with E-state index < -0.39 is 10.0 Å². The smallest absolute Gasteiger partial charge is 0.232 e. The maximum atomic E-state index is 12.0. The second-order valence-corrected chi connectivity index (χ2v) is 8.70. The van der Waals surface area contributed by atoms with Crippen LogP contribution in [0.5, 0.6) is 0 Å². The predicted molar refractivity (Wildman–Crippen MR) is 118 cm³/mol. The molecule has 0 saturated carbocycles. The minimum atomic E-state index is -3.32. The highest BCUT2D eigenvalue weighted by Gasteiger charge is 2.11. The van der Waals surface area contributed by atoms with Crippen LogP contribution in [0.1, 0.15) is 19.8 Å². The number of hydrogen-bond donors (Lipinski definition) is 2. The molecule has 0 aliphatic heterocycles. The zero-order valence-corrected chi connectivity index (χ0v) is 17.3. The fraction of sp³-hybridized carbons (Fsp3) is 0.190.